The third-order valence-corrected chi connectivity index (χ3v) is 14.1. The fourth-order valence-corrected chi connectivity index (χ4v) is 9.23. The Balaban J connectivity index is 1.13. The molecule has 0 saturated carbocycles. The van der Waals surface area contributed by atoms with Gasteiger partial charge < -0.3 is 60.1 Å². The number of carbonyl (C=O) groups excluding carboxylic acids is 6. The molecule has 8 aromatic rings. The lowest BCUT2D eigenvalue weighted by Crippen LogP contribution is -2.54. The number of nitrogens with zero attached hydrogens (tertiary/aromatic N) is 1. The Kier molecular flexibility index (Phi) is 24.3. The summed E-state index contributed by atoms with van der Waals surface area (Å²) < 4.78 is 107. The molecule has 0 fully saturated rings. The minimum absolute atomic E-state index is 0.0167. The van der Waals surface area contributed by atoms with E-state index in [2.05, 4.69) is 16.0 Å². The first-order valence-corrected chi connectivity index (χ1v) is 28.8. The lowest BCUT2D eigenvalue weighted by molar-refractivity contribution is -0.150. The van der Waals surface area contributed by atoms with E-state index in [1.165, 1.54) is 19.2 Å². The van der Waals surface area contributed by atoms with E-state index in [4.69, 9.17) is 34.2 Å². The molecule has 4 amide bonds. The predicted octanol–water partition coefficient (Wildman–Crippen LogP) is 9.88. The highest BCUT2D eigenvalue weighted by Gasteiger charge is 2.34. The van der Waals surface area contributed by atoms with Crippen LogP contribution in [0.1, 0.15) is 45.4 Å². The highest BCUT2D eigenvalue weighted by atomic mass is 19.2. The first-order chi connectivity index (χ1) is 44.4. The SMILES string of the molecule is CN(CC(=O)OCc1ccccc1)C(=O)[C@H](Cc1cc(-c2ccc(OCc3ccccc3)c(C[C@H](NC(=O)OCc3ccccc3)C(=O)Oc3c(F)c(F)c(F)c(F)c3F)c2)ccc1OCc1ccccc1)NC(=O)[C@@H](N)C[C@@H](O)CNC(=O)OCc1ccccc1. The average Bonchev–Trinajstić information content (AvgIpc) is 1.13. The second-order valence-electron chi connectivity index (χ2n) is 21.0. The van der Waals surface area contributed by atoms with Crippen LogP contribution < -0.4 is 35.9 Å². The maximum Gasteiger partial charge on any atom is 0.408 e. The van der Waals surface area contributed by atoms with Gasteiger partial charge in [-0.3, -0.25) is 14.4 Å². The monoisotopic (exact) mass is 1270 g/mol. The summed E-state index contributed by atoms with van der Waals surface area (Å²) in [5, 5.41) is 18.4. The normalized spacial score (nSPS) is 12.2. The number of alkyl carbamates (subject to hydrolysis) is 2. The summed E-state index contributed by atoms with van der Waals surface area (Å²) in [4.78, 5) is 83.4. The van der Waals surface area contributed by atoms with Crippen LogP contribution in [-0.2, 0) is 79.3 Å². The van der Waals surface area contributed by atoms with Crippen molar-refractivity contribution in [2.24, 2.45) is 5.73 Å². The van der Waals surface area contributed by atoms with Gasteiger partial charge in [0.1, 0.15) is 63.2 Å². The van der Waals surface area contributed by atoms with Crippen LogP contribution in [0.25, 0.3) is 11.1 Å². The molecule has 0 aliphatic heterocycles. The van der Waals surface area contributed by atoms with E-state index >= 15 is 8.78 Å². The molecule has 6 N–H and O–H groups in total. The smallest absolute Gasteiger partial charge is 0.408 e. The molecule has 0 saturated heterocycles. The number of amides is 4. The van der Waals surface area contributed by atoms with Gasteiger partial charge in [0.15, 0.2) is 0 Å². The number of benzene rings is 8. The molecule has 8 aromatic carbocycles. The molecule has 478 valence electrons. The van der Waals surface area contributed by atoms with Crippen molar-refractivity contribution in [2.75, 3.05) is 20.1 Å². The van der Waals surface area contributed by atoms with Gasteiger partial charge in [0.25, 0.3) is 0 Å². The molecular formula is C69H64F5N5O13. The van der Waals surface area contributed by atoms with Crippen molar-refractivity contribution in [3.63, 3.8) is 0 Å². The second kappa shape index (κ2) is 33.3. The number of rotatable bonds is 29. The van der Waals surface area contributed by atoms with Crippen molar-refractivity contribution >= 4 is 35.9 Å². The third-order valence-electron chi connectivity index (χ3n) is 14.1. The molecule has 0 heterocycles. The van der Waals surface area contributed by atoms with E-state index < -0.39 is 114 Å². The Labute approximate surface area is 526 Å². The van der Waals surface area contributed by atoms with E-state index in [9.17, 15) is 47.0 Å². The minimum atomic E-state index is -2.51. The largest absolute Gasteiger partial charge is 0.489 e. The van der Waals surface area contributed by atoms with Gasteiger partial charge in [-0.05, 0) is 80.8 Å². The number of carbonyl (C=O) groups is 6. The van der Waals surface area contributed by atoms with Crippen molar-refractivity contribution in [2.45, 2.75) is 76.5 Å². The molecule has 0 aliphatic rings. The maximum absolute atomic E-state index is 15.1. The van der Waals surface area contributed by atoms with Crippen LogP contribution in [0.4, 0.5) is 31.5 Å². The van der Waals surface area contributed by atoms with Gasteiger partial charge in [-0.2, -0.15) is 8.78 Å². The van der Waals surface area contributed by atoms with Crippen molar-refractivity contribution in [3.8, 4) is 28.4 Å². The second-order valence-corrected chi connectivity index (χ2v) is 21.0. The standard InChI is InChI=1S/C69H64F5N5O13/c1-79(37-58(81)89-40-45-21-11-4-12-22-45)66(83)54(77-65(82)53(75)35-52(80)36-76-68(85)90-41-46-23-13-5-14-24-46)33-50-31-48(27-29-56(50)87-38-43-17-7-2-8-18-43)49-28-30-57(88-39-44-19-9-3-10-20-44)51(32-49)34-55(78-69(86)91-42-47-25-15-6-16-26-47)67(84)92-64-62(73)60(71)59(70)61(72)63(64)74/h2-32,52-55,80H,33-42,75H2,1H3,(H,76,85)(H,77,82)(H,78,86)/t52-,53+,54+,55+/m1/s1. The molecule has 4 atom stereocenters. The topological polar surface area (TPSA) is 243 Å². The first-order valence-electron chi connectivity index (χ1n) is 28.8. The highest BCUT2D eigenvalue weighted by Crippen LogP contribution is 2.34. The quantitative estimate of drug-likeness (QED) is 0.00732. The zero-order valence-corrected chi connectivity index (χ0v) is 49.5. The summed E-state index contributed by atoms with van der Waals surface area (Å²) in [6.45, 7) is -1.43. The molecule has 92 heavy (non-hydrogen) atoms. The molecule has 18 nitrogen and oxygen atoms in total. The number of halogens is 5. The number of aliphatic hydroxyl groups is 1. The number of aliphatic hydroxyl groups excluding tert-OH is 1. The van der Waals surface area contributed by atoms with Crippen molar-refractivity contribution in [1.82, 2.24) is 20.9 Å². The number of ether oxygens (including phenoxy) is 6. The molecule has 0 aliphatic carbocycles. The molecule has 23 heteroatoms. The number of nitrogens with two attached hydrogens (primary N) is 1. The summed E-state index contributed by atoms with van der Waals surface area (Å²) >= 11 is 0. The molecule has 0 unspecified atom stereocenters. The van der Waals surface area contributed by atoms with Gasteiger partial charge in [-0.25, -0.2) is 27.6 Å². The minimum Gasteiger partial charge on any atom is -0.489 e. The summed E-state index contributed by atoms with van der Waals surface area (Å²) in [7, 11) is 1.33. The Morgan fingerprint density at radius 3 is 1.36 bits per heavy atom. The van der Waals surface area contributed by atoms with Crippen LogP contribution >= 0.6 is 0 Å². The van der Waals surface area contributed by atoms with Gasteiger partial charge in [0.2, 0.25) is 46.6 Å². The number of likely N-dealkylation sites (N-methyl/N-ethyl adjacent to an activating group) is 1. The molecule has 8 rings (SSSR count). The van der Waals surface area contributed by atoms with E-state index in [0.717, 1.165) is 16.0 Å². The molecule has 0 aromatic heterocycles. The number of hydrogen-bond donors (Lipinski definition) is 5. The highest BCUT2D eigenvalue weighted by molar-refractivity contribution is 5.91. The molecule has 0 radical (unpaired) electrons. The summed E-state index contributed by atoms with van der Waals surface area (Å²) in [6.07, 6.45) is -4.84. The van der Waals surface area contributed by atoms with Crippen LogP contribution in [0.15, 0.2) is 188 Å². The van der Waals surface area contributed by atoms with E-state index in [0.29, 0.717) is 33.4 Å². The van der Waals surface area contributed by atoms with Gasteiger partial charge in [0, 0.05) is 26.4 Å². The predicted molar refractivity (Wildman–Crippen MR) is 325 cm³/mol. The Hall–Kier alpha value is -10.7. The number of nitrogens with one attached hydrogen (secondary N) is 3. The summed E-state index contributed by atoms with van der Waals surface area (Å²) in [5.74, 6) is -18.0. The molecular weight excluding hydrogens is 1200 g/mol. The molecule has 0 bridgehead atoms. The van der Waals surface area contributed by atoms with Crippen LogP contribution in [-0.4, -0.2) is 90.3 Å². The van der Waals surface area contributed by atoms with Gasteiger partial charge in [-0.1, -0.05) is 164 Å². The van der Waals surface area contributed by atoms with Crippen LogP contribution in [0.2, 0.25) is 0 Å². The Bertz CT molecular complexity index is 3780. The Morgan fingerprint density at radius 1 is 0.500 bits per heavy atom. The zero-order chi connectivity index (χ0) is 65.5. The lowest BCUT2D eigenvalue weighted by Gasteiger charge is -2.26. The first kappa shape index (κ1) is 67.3. The van der Waals surface area contributed by atoms with Gasteiger partial charge in [0.05, 0.1) is 12.1 Å². The van der Waals surface area contributed by atoms with Gasteiger partial charge in [-0.15, -0.1) is 0 Å². The fourth-order valence-electron chi connectivity index (χ4n) is 9.23. The van der Waals surface area contributed by atoms with Crippen molar-refractivity contribution in [3.05, 3.63) is 256 Å². The van der Waals surface area contributed by atoms with Crippen molar-refractivity contribution in [1.29, 1.82) is 0 Å². The third kappa shape index (κ3) is 19.7. The maximum atomic E-state index is 15.1. The van der Waals surface area contributed by atoms with E-state index in [1.807, 2.05) is 18.2 Å². The van der Waals surface area contributed by atoms with Crippen LogP contribution in [0.3, 0.4) is 0 Å². The number of hydrogen-bond acceptors (Lipinski definition) is 14. The van der Waals surface area contributed by atoms with Crippen molar-refractivity contribution < 1.29 is 84.2 Å². The average molecular weight is 1270 g/mol. The van der Waals surface area contributed by atoms with Crippen LogP contribution in [0.5, 0.6) is 17.2 Å². The summed E-state index contributed by atoms with van der Waals surface area (Å²) in [6, 6.07) is 48.5. The van der Waals surface area contributed by atoms with E-state index in [1.54, 1.807) is 158 Å². The fraction of sp³-hybridized carbons (Fsp3) is 0.217. The number of esters is 2. The summed E-state index contributed by atoms with van der Waals surface area (Å²) in [5.41, 5.74) is 10.9. The Morgan fingerprint density at radius 2 is 0.902 bits per heavy atom. The van der Waals surface area contributed by atoms with Crippen LogP contribution in [0, 0.1) is 29.1 Å². The zero-order valence-electron chi connectivity index (χ0n) is 49.5. The lowest BCUT2D eigenvalue weighted by atomic mass is 9.95. The molecule has 0 spiro atoms. The van der Waals surface area contributed by atoms with E-state index in [-0.39, 0.29) is 63.1 Å². The van der Waals surface area contributed by atoms with Gasteiger partial charge >= 0.3 is 24.1 Å².